The van der Waals surface area contributed by atoms with E-state index in [-0.39, 0.29) is 10.8 Å². The fourth-order valence-electron chi connectivity index (χ4n) is 4.11. The van der Waals surface area contributed by atoms with Gasteiger partial charge in [0.1, 0.15) is 0 Å². The summed E-state index contributed by atoms with van der Waals surface area (Å²) in [7, 11) is 0. The Morgan fingerprint density at radius 3 is 1.19 bits per heavy atom. The predicted molar refractivity (Wildman–Crippen MR) is 119 cm³/mol. The van der Waals surface area contributed by atoms with E-state index < -0.39 is 0 Å². The van der Waals surface area contributed by atoms with Crippen LogP contribution in [0.1, 0.15) is 94.9 Å². The molecule has 0 heterocycles. The van der Waals surface area contributed by atoms with Gasteiger partial charge in [0, 0.05) is 0 Å². The first kappa shape index (κ1) is 19.9. The molecule has 144 valence electrons. The fourth-order valence-corrected chi connectivity index (χ4v) is 4.11. The first-order valence-electron chi connectivity index (χ1n) is 10.5. The molecule has 1 aliphatic rings. The van der Waals surface area contributed by atoms with Gasteiger partial charge >= 0.3 is 0 Å². The highest BCUT2D eigenvalue weighted by molar-refractivity contribution is 5.33. The Morgan fingerprint density at radius 1 is 0.556 bits per heavy atom. The number of benzene rings is 2. The highest BCUT2D eigenvalue weighted by atomic mass is 14.3. The van der Waals surface area contributed by atoms with E-state index in [9.17, 15) is 0 Å². The van der Waals surface area contributed by atoms with E-state index in [4.69, 9.17) is 0 Å². The topological polar surface area (TPSA) is 0 Å². The largest absolute Gasteiger partial charge is 0.0879 e. The van der Waals surface area contributed by atoms with Crippen LogP contribution in [0.5, 0.6) is 0 Å². The summed E-state index contributed by atoms with van der Waals surface area (Å²) < 4.78 is 0. The molecule has 2 aromatic carbocycles. The monoisotopic (exact) mass is 360 g/mol. The minimum Gasteiger partial charge on any atom is -0.0879 e. The van der Waals surface area contributed by atoms with Crippen LogP contribution in [0.2, 0.25) is 0 Å². The lowest BCUT2D eigenvalue weighted by molar-refractivity contribution is 0.548. The fraction of sp³-hybridized carbons (Fsp3) is 0.481. The van der Waals surface area contributed by atoms with Crippen LogP contribution in [0, 0.1) is 0 Å². The average Bonchev–Trinajstić information content (AvgIpc) is 2.87. The molecule has 0 nitrogen and oxygen atoms in total. The van der Waals surface area contributed by atoms with Crippen LogP contribution >= 0.6 is 0 Å². The molecule has 2 atom stereocenters. The van der Waals surface area contributed by atoms with Crippen LogP contribution in [0.15, 0.2) is 60.7 Å². The maximum atomic E-state index is 2.39. The molecule has 0 aromatic heterocycles. The van der Waals surface area contributed by atoms with Crippen molar-refractivity contribution in [1.82, 2.24) is 0 Å². The second-order valence-electron chi connectivity index (χ2n) is 10.3. The van der Waals surface area contributed by atoms with Gasteiger partial charge < -0.3 is 0 Å². The molecule has 0 heteroatoms. The van der Waals surface area contributed by atoms with Gasteiger partial charge in [-0.2, -0.15) is 0 Å². The van der Waals surface area contributed by atoms with E-state index in [1.54, 1.807) is 0 Å². The molecular weight excluding hydrogens is 324 g/mol. The highest BCUT2D eigenvalue weighted by Crippen LogP contribution is 2.38. The lowest BCUT2D eigenvalue weighted by Crippen LogP contribution is -2.12. The smallest absolute Gasteiger partial charge is 0.0121 e. The zero-order valence-corrected chi connectivity index (χ0v) is 18.0. The number of hydrogen-bond acceptors (Lipinski definition) is 0. The summed E-state index contributed by atoms with van der Waals surface area (Å²) in [5, 5.41) is 0. The summed E-state index contributed by atoms with van der Waals surface area (Å²) >= 11 is 0. The van der Waals surface area contributed by atoms with Crippen molar-refractivity contribution in [3.05, 3.63) is 82.9 Å². The molecule has 3 rings (SSSR count). The van der Waals surface area contributed by atoms with E-state index in [1.165, 1.54) is 28.7 Å². The lowest BCUT2D eigenvalue weighted by atomic mass is 9.80. The summed E-state index contributed by atoms with van der Waals surface area (Å²) in [5.41, 5.74) is 6.27. The third-order valence-corrected chi connectivity index (χ3v) is 6.07. The Bertz CT molecular complexity index is 693. The number of hydrogen-bond donors (Lipinski definition) is 0. The van der Waals surface area contributed by atoms with E-state index in [1.807, 2.05) is 0 Å². The van der Waals surface area contributed by atoms with E-state index in [2.05, 4.69) is 102 Å². The van der Waals surface area contributed by atoms with Gasteiger partial charge in [-0.3, -0.25) is 0 Å². The Labute approximate surface area is 166 Å². The van der Waals surface area contributed by atoms with E-state index in [0.717, 1.165) is 12.8 Å². The third kappa shape index (κ3) is 4.92. The van der Waals surface area contributed by atoms with Crippen LogP contribution in [-0.2, 0) is 10.8 Å². The Morgan fingerprint density at radius 2 is 0.889 bits per heavy atom. The van der Waals surface area contributed by atoms with Crippen molar-refractivity contribution in [2.75, 3.05) is 0 Å². The molecule has 0 saturated heterocycles. The van der Waals surface area contributed by atoms with Crippen molar-refractivity contribution in [3.8, 4) is 0 Å². The van der Waals surface area contributed by atoms with Gasteiger partial charge in [-0.05, 0) is 64.2 Å². The van der Waals surface area contributed by atoms with Crippen LogP contribution in [0.4, 0.5) is 0 Å². The zero-order chi connectivity index (χ0) is 19.7. The SMILES string of the molecule is CC(C)(C)c1ccc(C2CC=CCC(c3ccc(C(C)(C)C)cc3)C2)cc1. The normalized spacial score (nSPS) is 21.1. The third-order valence-electron chi connectivity index (χ3n) is 6.07. The van der Waals surface area contributed by atoms with Crippen molar-refractivity contribution in [3.63, 3.8) is 0 Å². The lowest BCUT2D eigenvalue weighted by Gasteiger charge is -2.24. The van der Waals surface area contributed by atoms with Crippen LogP contribution < -0.4 is 0 Å². The summed E-state index contributed by atoms with van der Waals surface area (Å²) in [5.74, 6) is 1.23. The number of rotatable bonds is 2. The summed E-state index contributed by atoms with van der Waals surface area (Å²) in [6.07, 6.45) is 8.34. The van der Waals surface area contributed by atoms with Crippen molar-refractivity contribution >= 4 is 0 Å². The van der Waals surface area contributed by atoms with Gasteiger partial charge in [0.15, 0.2) is 0 Å². The molecular formula is C27H36. The van der Waals surface area contributed by atoms with Gasteiger partial charge in [-0.1, -0.05) is 102 Å². The van der Waals surface area contributed by atoms with Crippen LogP contribution in [0.3, 0.4) is 0 Å². The van der Waals surface area contributed by atoms with Crippen molar-refractivity contribution in [2.24, 2.45) is 0 Å². The zero-order valence-electron chi connectivity index (χ0n) is 18.0. The van der Waals surface area contributed by atoms with Crippen molar-refractivity contribution < 1.29 is 0 Å². The predicted octanol–water partition coefficient (Wildman–Crippen LogP) is 7.89. The molecule has 2 unspecified atom stereocenters. The van der Waals surface area contributed by atoms with Crippen LogP contribution in [0.25, 0.3) is 0 Å². The van der Waals surface area contributed by atoms with Gasteiger partial charge in [0.2, 0.25) is 0 Å². The quantitative estimate of drug-likeness (QED) is 0.478. The molecule has 27 heavy (non-hydrogen) atoms. The molecule has 0 fully saturated rings. The Hall–Kier alpha value is -1.82. The molecule has 0 aliphatic heterocycles. The maximum Gasteiger partial charge on any atom is -0.0121 e. The maximum absolute atomic E-state index is 2.39. The van der Waals surface area contributed by atoms with Gasteiger partial charge in [-0.15, -0.1) is 0 Å². The van der Waals surface area contributed by atoms with Gasteiger partial charge in [0.25, 0.3) is 0 Å². The molecule has 0 saturated carbocycles. The molecule has 0 amide bonds. The Balaban J connectivity index is 1.79. The molecule has 0 radical (unpaired) electrons. The standard InChI is InChI=1S/C27H36/c1-26(2,3)24-15-11-20(12-16-24)22-9-7-8-10-23(19-22)21-13-17-25(18-14-21)27(4,5)6/h7-8,11-18,22-23H,9-10,19H2,1-6H3. The minimum absolute atomic E-state index is 0.221. The molecule has 0 spiro atoms. The molecule has 0 bridgehead atoms. The highest BCUT2D eigenvalue weighted by Gasteiger charge is 2.22. The molecule has 2 aromatic rings. The number of allylic oxidation sites excluding steroid dienone is 2. The first-order valence-corrected chi connectivity index (χ1v) is 10.5. The van der Waals surface area contributed by atoms with Crippen molar-refractivity contribution in [2.45, 2.75) is 83.5 Å². The summed E-state index contributed by atoms with van der Waals surface area (Å²) in [6.45, 7) is 13.7. The molecule has 1 aliphatic carbocycles. The van der Waals surface area contributed by atoms with Crippen LogP contribution in [-0.4, -0.2) is 0 Å². The van der Waals surface area contributed by atoms with Crippen molar-refractivity contribution in [1.29, 1.82) is 0 Å². The minimum atomic E-state index is 0.221. The second-order valence-corrected chi connectivity index (χ2v) is 10.3. The van der Waals surface area contributed by atoms with Gasteiger partial charge in [-0.25, -0.2) is 0 Å². The first-order chi connectivity index (χ1) is 12.6. The van der Waals surface area contributed by atoms with E-state index in [0.29, 0.717) is 11.8 Å². The van der Waals surface area contributed by atoms with Gasteiger partial charge in [0.05, 0.1) is 0 Å². The summed E-state index contributed by atoms with van der Waals surface area (Å²) in [4.78, 5) is 0. The molecule has 0 N–H and O–H groups in total. The van der Waals surface area contributed by atoms with E-state index >= 15 is 0 Å². The summed E-state index contributed by atoms with van der Waals surface area (Å²) in [6, 6.07) is 18.8. The second kappa shape index (κ2) is 7.66. The Kier molecular flexibility index (Phi) is 5.65. The average molecular weight is 361 g/mol.